The third-order valence-electron chi connectivity index (χ3n) is 3.09. The van der Waals surface area contributed by atoms with Crippen molar-refractivity contribution < 1.29 is 17.9 Å². The molecule has 108 valence electrons. The van der Waals surface area contributed by atoms with Crippen molar-refractivity contribution in [1.29, 1.82) is 5.26 Å². The molecule has 0 heterocycles. The number of nitrogens with zero attached hydrogens (tertiary/aromatic N) is 1. The molecule has 0 fully saturated rings. The fraction of sp³-hybridized carbons (Fsp3) is 0.188. The smallest absolute Gasteiger partial charge is 0.417 e. The van der Waals surface area contributed by atoms with Gasteiger partial charge in [0.05, 0.1) is 25.2 Å². The molecule has 0 aliphatic rings. The van der Waals surface area contributed by atoms with Crippen LogP contribution in [0.4, 0.5) is 13.2 Å². The Labute approximate surface area is 120 Å². The lowest BCUT2D eigenvalue weighted by molar-refractivity contribution is -0.137. The number of hydrogen-bond donors (Lipinski definition) is 0. The van der Waals surface area contributed by atoms with Crippen molar-refractivity contribution in [3.63, 3.8) is 0 Å². The SMILES string of the molecule is COc1ccc(-c2ccccc2C(F)(F)F)cc1CC#N. The highest BCUT2D eigenvalue weighted by molar-refractivity contribution is 5.70. The van der Waals surface area contributed by atoms with E-state index in [2.05, 4.69) is 0 Å². The molecular weight excluding hydrogens is 279 g/mol. The number of benzene rings is 2. The molecule has 0 atom stereocenters. The molecule has 2 aromatic carbocycles. The molecule has 0 saturated heterocycles. The minimum absolute atomic E-state index is 0.0746. The van der Waals surface area contributed by atoms with E-state index in [4.69, 9.17) is 10.00 Å². The molecule has 0 aliphatic heterocycles. The van der Waals surface area contributed by atoms with E-state index in [-0.39, 0.29) is 12.0 Å². The summed E-state index contributed by atoms with van der Waals surface area (Å²) in [6.07, 6.45) is -4.35. The summed E-state index contributed by atoms with van der Waals surface area (Å²) in [7, 11) is 1.46. The van der Waals surface area contributed by atoms with Crippen molar-refractivity contribution >= 4 is 0 Å². The minimum Gasteiger partial charge on any atom is -0.496 e. The zero-order chi connectivity index (χ0) is 15.5. The third kappa shape index (κ3) is 3.16. The van der Waals surface area contributed by atoms with Gasteiger partial charge in [-0.05, 0) is 29.3 Å². The molecule has 0 spiro atoms. The Bertz CT molecular complexity index is 687. The Balaban J connectivity index is 2.58. The second-order valence-corrected chi connectivity index (χ2v) is 4.40. The Morgan fingerprint density at radius 2 is 1.86 bits per heavy atom. The zero-order valence-electron chi connectivity index (χ0n) is 11.2. The van der Waals surface area contributed by atoms with Crippen molar-refractivity contribution in [3.8, 4) is 22.9 Å². The van der Waals surface area contributed by atoms with E-state index in [1.165, 1.54) is 19.2 Å². The van der Waals surface area contributed by atoms with Gasteiger partial charge in [0.15, 0.2) is 0 Å². The van der Waals surface area contributed by atoms with Crippen molar-refractivity contribution in [3.05, 3.63) is 53.6 Å². The van der Waals surface area contributed by atoms with Crippen molar-refractivity contribution in [2.75, 3.05) is 7.11 Å². The molecule has 5 heteroatoms. The first-order chi connectivity index (χ1) is 9.97. The first-order valence-corrected chi connectivity index (χ1v) is 6.18. The monoisotopic (exact) mass is 291 g/mol. The quantitative estimate of drug-likeness (QED) is 0.837. The normalized spacial score (nSPS) is 11.0. The number of hydrogen-bond acceptors (Lipinski definition) is 2. The summed E-state index contributed by atoms with van der Waals surface area (Å²) in [4.78, 5) is 0. The maximum Gasteiger partial charge on any atom is 0.417 e. The predicted octanol–water partition coefficient (Wildman–Crippen LogP) is 4.45. The predicted molar refractivity (Wildman–Crippen MR) is 72.7 cm³/mol. The fourth-order valence-electron chi connectivity index (χ4n) is 2.15. The van der Waals surface area contributed by atoms with Gasteiger partial charge in [-0.3, -0.25) is 0 Å². The molecule has 0 N–H and O–H groups in total. The van der Waals surface area contributed by atoms with E-state index in [0.29, 0.717) is 16.9 Å². The van der Waals surface area contributed by atoms with Crippen LogP contribution in [0.25, 0.3) is 11.1 Å². The first-order valence-electron chi connectivity index (χ1n) is 6.18. The lowest BCUT2D eigenvalue weighted by Gasteiger charge is -2.14. The molecule has 2 nitrogen and oxygen atoms in total. The summed E-state index contributed by atoms with van der Waals surface area (Å²) < 4.78 is 44.3. The summed E-state index contributed by atoms with van der Waals surface area (Å²) in [5.41, 5.74) is 0.369. The summed E-state index contributed by atoms with van der Waals surface area (Å²) in [5.74, 6) is 0.491. The molecule has 0 radical (unpaired) electrons. The average Bonchev–Trinajstić information content (AvgIpc) is 2.46. The van der Waals surface area contributed by atoms with Crippen molar-refractivity contribution in [2.24, 2.45) is 0 Å². The molecular formula is C16H12F3NO. The van der Waals surface area contributed by atoms with Crippen LogP contribution < -0.4 is 4.74 Å². The maximum atomic E-state index is 13.1. The lowest BCUT2D eigenvalue weighted by Crippen LogP contribution is -2.07. The lowest BCUT2D eigenvalue weighted by atomic mass is 9.96. The number of nitriles is 1. The Morgan fingerprint density at radius 1 is 1.14 bits per heavy atom. The summed E-state index contributed by atoms with van der Waals surface area (Å²) in [6, 6.07) is 12.1. The van der Waals surface area contributed by atoms with Gasteiger partial charge in [-0.2, -0.15) is 18.4 Å². The molecule has 2 rings (SSSR count). The van der Waals surface area contributed by atoms with Crippen molar-refractivity contribution in [2.45, 2.75) is 12.6 Å². The average molecular weight is 291 g/mol. The van der Waals surface area contributed by atoms with Gasteiger partial charge in [-0.25, -0.2) is 0 Å². The molecule has 0 aliphatic carbocycles. The van der Waals surface area contributed by atoms with Crippen LogP contribution >= 0.6 is 0 Å². The second-order valence-electron chi connectivity index (χ2n) is 4.40. The summed E-state index contributed by atoms with van der Waals surface area (Å²) in [5, 5.41) is 8.80. The minimum atomic E-state index is -4.42. The van der Waals surface area contributed by atoms with Crippen LogP contribution in [0.5, 0.6) is 5.75 Å². The molecule has 0 unspecified atom stereocenters. The van der Waals surface area contributed by atoms with Gasteiger partial charge in [0.25, 0.3) is 0 Å². The van der Waals surface area contributed by atoms with Gasteiger partial charge in [-0.1, -0.05) is 24.3 Å². The van der Waals surface area contributed by atoms with E-state index < -0.39 is 11.7 Å². The van der Waals surface area contributed by atoms with Crippen LogP contribution in [0.3, 0.4) is 0 Å². The number of rotatable bonds is 3. The van der Waals surface area contributed by atoms with Gasteiger partial charge in [0.1, 0.15) is 5.75 Å². The molecule has 2 aromatic rings. The Morgan fingerprint density at radius 3 is 2.48 bits per heavy atom. The van der Waals surface area contributed by atoms with E-state index in [9.17, 15) is 13.2 Å². The standard InChI is InChI=1S/C16H12F3NO/c1-21-15-7-6-11(10-12(15)8-9-20)13-4-2-3-5-14(13)16(17,18)19/h2-7,10H,8H2,1H3. The van der Waals surface area contributed by atoms with E-state index in [1.54, 1.807) is 24.3 Å². The summed E-state index contributed by atoms with van der Waals surface area (Å²) >= 11 is 0. The summed E-state index contributed by atoms with van der Waals surface area (Å²) in [6.45, 7) is 0. The molecule has 0 saturated carbocycles. The highest BCUT2D eigenvalue weighted by atomic mass is 19.4. The molecule has 0 aromatic heterocycles. The Hall–Kier alpha value is -2.48. The van der Waals surface area contributed by atoms with Gasteiger partial charge in [0, 0.05) is 5.56 Å². The van der Waals surface area contributed by atoms with Gasteiger partial charge >= 0.3 is 6.18 Å². The largest absolute Gasteiger partial charge is 0.496 e. The van der Waals surface area contributed by atoms with Gasteiger partial charge in [0.2, 0.25) is 0 Å². The van der Waals surface area contributed by atoms with Gasteiger partial charge < -0.3 is 4.74 Å². The van der Waals surface area contributed by atoms with Crippen LogP contribution in [0.1, 0.15) is 11.1 Å². The fourth-order valence-corrected chi connectivity index (χ4v) is 2.15. The molecule has 0 bridgehead atoms. The maximum absolute atomic E-state index is 13.1. The van der Waals surface area contributed by atoms with Gasteiger partial charge in [-0.15, -0.1) is 0 Å². The third-order valence-corrected chi connectivity index (χ3v) is 3.09. The van der Waals surface area contributed by atoms with E-state index in [1.807, 2.05) is 6.07 Å². The number of alkyl halides is 3. The van der Waals surface area contributed by atoms with Crippen molar-refractivity contribution in [1.82, 2.24) is 0 Å². The Kier molecular flexibility index (Phi) is 4.18. The van der Waals surface area contributed by atoms with E-state index in [0.717, 1.165) is 6.07 Å². The van der Waals surface area contributed by atoms with Crippen LogP contribution in [0.2, 0.25) is 0 Å². The molecule has 21 heavy (non-hydrogen) atoms. The zero-order valence-corrected chi connectivity index (χ0v) is 11.2. The molecule has 0 amide bonds. The first kappa shape index (κ1) is 14.9. The van der Waals surface area contributed by atoms with Crippen LogP contribution in [0.15, 0.2) is 42.5 Å². The number of ether oxygens (including phenoxy) is 1. The van der Waals surface area contributed by atoms with Crippen LogP contribution in [0, 0.1) is 11.3 Å². The van der Waals surface area contributed by atoms with Crippen LogP contribution in [-0.4, -0.2) is 7.11 Å². The highest BCUT2D eigenvalue weighted by Crippen LogP contribution is 2.38. The number of methoxy groups -OCH3 is 1. The van der Waals surface area contributed by atoms with Crippen LogP contribution in [-0.2, 0) is 12.6 Å². The second kappa shape index (κ2) is 5.88. The van der Waals surface area contributed by atoms with E-state index >= 15 is 0 Å². The topological polar surface area (TPSA) is 33.0 Å². The number of halogens is 3. The highest BCUT2D eigenvalue weighted by Gasteiger charge is 2.33.